The van der Waals surface area contributed by atoms with Crippen LogP contribution in [0.25, 0.3) is 15.7 Å². The van der Waals surface area contributed by atoms with Crippen molar-refractivity contribution in [2.75, 3.05) is 19.7 Å². The summed E-state index contributed by atoms with van der Waals surface area (Å²) in [5.41, 5.74) is 0.327. The zero-order valence-electron chi connectivity index (χ0n) is 14.7. The molecule has 1 amide bonds. The molecule has 4 heterocycles. The number of aryl methyl sites for hydroxylation is 1. The van der Waals surface area contributed by atoms with Gasteiger partial charge >= 0.3 is 0 Å². The normalized spacial score (nSPS) is 18.1. The van der Waals surface area contributed by atoms with Crippen LogP contribution in [0.15, 0.2) is 22.3 Å². The lowest BCUT2D eigenvalue weighted by atomic mass is 9.99. The molecule has 3 aromatic heterocycles. The van der Waals surface area contributed by atoms with Gasteiger partial charge in [0.25, 0.3) is 5.56 Å². The molecule has 1 N–H and O–H groups in total. The SMILES string of the molecule is CCc1nn(CC(=O)N2CCCC(CO)C2)c(=O)c2cc3ccsc3n12. The van der Waals surface area contributed by atoms with E-state index >= 15 is 0 Å². The van der Waals surface area contributed by atoms with E-state index in [1.165, 1.54) is 4.68 Å². The number of hydrogen-bond donors (Lipinski definition) is 1. The molecule has 1 fully saturated rings. The van der Waals surface area contributed by atoms with Crippen LogP contribution in [0.2, 0.25) is 0 Å². The Morgan fingerprint density at radius 2 is 2.31 bits per heavy atom. The van der Waals surface area contributed by atoms with Gasteiger partial charge in [0.15, 0.2) is 0 Å². The van der Waals surface area contributed by atoms with E-state index in [-0.39, 0.29) is 30.5 Å². The summed E-state index contributed by atoms with van der Waals surface area (Å²) in [7, 11) is 0. The van der Waals surface area contributed by atoms with E-state index in [0.717, 1.165) is 28.9 Å². The zero-order chi connectivity index (χ0) is 18.3. The van der Waals surface area contributed by atoms with Crippen molar-refractivity contribution in [1.29, 1.82) is 0 Å². The highest BCUT2D eigenvalue weighted by Crippen LogP contribution is 2.24. The van der Waals surface area contributed by atoms with Gasteiger partial charge in [-0.25, -0.2) is 4.68 Å². The van der Waals surface area contributed by atoms with Crippen molar-refractivity contribution < 1.29 is 9.90 Å². The quantitative estimate of drug-likeness (QED) is 0.751. The van der Waals surface area contributed by atoms with Gasteiger partial charge in [0.1, 0.15) is 22.7 Å². The fourth-order valence-corrected chi connectivity index (χ4v) is 4.62. The lowest BCUT2D eigenvalue weighted by Gasteiger charge is -2.31. The molecule has 0 aliphatic carbocycles. The van der Waals surface area contributed by atoms with Crippen molar-refractivity contribution in [3.05, 3.63) is 33.7 Å². The second-order valence-corrected chi connectivity index (χ2v) is 7.70. The maximum absolute atomic E-state index is 12.9. The average Bonchev–Trinajstić information content (AvgIpc) is 3.25. The zero-order valence-corrected chi connectivity index (χ0v) is 15.5. The highest BCUT2D eigenvalue weighted by atomic mass is 32.1. The number of piperidine rings is 1. The predicted octanol–water partition coefficient (Wildman–Crippen LogP) is 1.50. The summed E-state index contributed by atoms with van der Waals surface area (Å²) in [5, 5.41) is 16.8. The van der Waals surface area contributed by atoms with E-state index < -0.39 is 0 Å². The Hall–Kier alpha value is -2.19. The molecular weight excluding hydrogens is 352 g/mol. The number of nitrogens with zero attached hydrogens (tertiary/aromatic N) is 4. The van der Waals surface area contributed by atoms with Gasteiger partial charge in [0, 0.05) is 31.5 Å². The van der Waals surface area contributed by atoms with Crippen molar-refractivity contribution >= 4 is 33.0 Å². The van der Waals surface area contributed by atoms with Gasteiger partial charge < -0.3 is 10.0 Å². The van der Waals surface area contributed by atoms with Gasteiger partial charge in [-0.05, 0) is 36.3 Å². The first kappa shape index (κ1) is 17.2. The highest BCUT2D eigenvalue weighted by molar-refractivity contribution is 7.16. The number of likely N-dealkylation sites (tertiary alicyclic amines) is 1. The van der Waals surface area contributed by atoms with Crippen LogP contribution in [0.5, 0.6) is 0 Å². The Labute approximate surface area is 154 Å². The maximum Gasteiger partial charge on any atom is 0.291 e. The molecule has 138 valence electrons. The number of amides is 1. The summed E-state index contributed by atoms with van der Waals surface area (Å²) in [6.45, 7) is 3.25. The molecule has 0 spiro atoms. The van der Waals surface area contributed by atoms with Crippen LogP contribution in [0.3, 0.4) is 0 Å². The minimum absolute atomic E-state index is 0.0562. The number of carbonyl (C=O) groups is 1. The maximum atomic E-state index is 12.9. The van der Waals surface area contributed by atoms with Crippen molar-refractivity contribution in [2.24, 2.45) is 5.92 Å². The Morgan fingerprint density at radius 1 is 1.46 bits per heavy atom. The van der Waals surface area contributed by atoms with Gasteiger partial charge in [-0.2, -0.15) is 5.10 Å². The van der Waals surface area contributed by atoms with Crippen LogP contribution in [0, 0.1) is 5.92 Å². The highest BCUT2D eigenvalue weighted by Gasteiger charge is 2.24. The Morgan fingerprint density at radius 3 is 3.08 bits per heavy atom. The standard InChI is InChI=1S/C18H22N4O3S/c1-2-15-19-21(10-16(24)20-6-3-4-12(9-20)11-23)17(25)14-8-13-5-7-26-18(13)22(14)15/h5,7-8,12,23H,2-4,6,9-11H2,1H3. The Bertz CT molecular complexity index is 1020. The topological polar surface area (TPSA) is 79.8 Å². The minimum atomic E-state index is -0.241. The van der Waals surface area contributed by atoms with Crippen molar-refractivity contribution in [3.8, 4) is 0 Å². The van der Waals surface area contributed by atoms with E-state index in [4.69, 9.17) is 0 Å². The number of aromatic nitrogens is 3. The number of aliphatic hydroxyl groups is 1. The number of aliphatic hydroxyl groups excluding tert-OH is 1. The first-order chi connectivity index (χ1) is 12.6. The molecule has 26 heavy (non-hydrogen) atoms. The van der Waals surface area contributed by atoms with Gasteiger partial charge in [-0.3, -0.25) is 14.0 Å². The fraction of sp³-hybridized carbons (Fsp3) is 0.500. The molecule has 0 saturated carbocycles. The summed E-state index contributed by atoms with van der Waals surface area (Å²) in [6.07, 6.45) is 2.49. The van der Waals surface area contributed by atoms with Crippen LogP contribution in [-0.4, -0.2) is 49.8 Å². The molecule has 0 aromatic carbocycles. The molecule has 1 saturated heterocycles. The van der Waals surface area contributed by atoms with Gasteiger partial charge in [-0.15, -0.1) is 11.3 Å². The summed E-state index contributed by atoms with van der Waals surface area (Å²) < 4.78 is 3.20. The molecule has 0 radical (unpaired) electrons. The van der Waals surface area contributed by atoms with Gasteiger partial charge in [0.05, 0.1) is 0 Å². The number of thiophene rings is 1. The molecule has 1 aliphatic rings. The van der Waals surface area contributed by atoms with Gasteiger partial charge in [0.2, 0.25) is 5.91 Å². The van der Waals surface area contributed by atoms with Gasteiger partial charge in [-0.1, -0.05) is 6.92 Å². The van der Waals surface area contributed by atoms with Crippen LogP contribution in [0.4, 0.5) is 0 Å². The summed E-state index contributed by atoms with van der Waals surface area (Å²) in [5.74, 6) is 0.790. The molecule has 1 aliphatic heterocycles. The number of fused-ring (bicyclic) bond motifs is 3. The molecule has 1 unspecified atom stereocenters. The largest absolute Gasteiger partial charge is 0.396 e. The number of rotatable bonds is 4. The molecule has 3 aromatic rings. The third-order valence-electron chi connectivity index (χ3n) is 5.09. The van der Waals surface area contributed by atoms with E-state index in [1.54, 1.807) is 16.2 Å². The minimum Gasteiger partial charge on any atom is -0.396 e. The van der Waals surface area contributed by atoms with Crippen LogP contribution in [-0.2, 0) is 17.8 Å². The number of hydrogen-bond acceptors (Lipinski definition) is 5. The van der Waals surface area contributed by atoms with Crippen LogP contribution >= 0.6 is 11.3 Å². The predicted molar refractivity (Wildman–Crippen MR) is 101 cm³/mol. The van der Waals surface area contributed by atoms with Crippen molar-refractivity contribution in [1.82, 2.24) is 19.1 Å². The Balaban J connectivity index is 1.69. The third-order valence-corrected chi connectivity index (χ3v) is 6.00. The monoisotopic (exact) mass is 374 g/mol. The lowest BCUT2D eigenvalue weighted by molar-refractivity contribution is -0.134. The van der Waals surface area contributed by atoms with Crippen LogP contribution < -0.4 is 5.56 Å². The van der Waals surface area contributed by atoms with Crippen molar-refractivity contribution in [2.45, 2.75) is 32.7 Å². The second kappa shape index (κ2) is 6.85. The molecule has 1 atom stereocenters. The molecular formula is C18H22N4O3S. The summed E-state index contributed by atoms with van der Waals surface area (Å²) >= 11 is 1.58. The van der Waals surface area contributed by atoms with Crippen LogP contribution in [0.1, 0.15) is 25.6 Å². The van der Waals surface area contributed by atoms with Crippen molar-refractivity contribution in [3.63, 3.8) is 0 Å². The first-order valence-corrected chi connectivity index (χ1v) is 9.87. The Kier molecular flexibility index (Phi) is 4.54. The van der Waals surface area contributed by atoms with E-state index in [9.17, 15) is 14.7 Å². The average molecular weight is 374 g/mol. The first-order valence-electron chi connectivity index (χ1n) is 8.99. The molecule has 4 rings (SSSR count). The second-order valence-electron chi connectivity index (χ2n) is 6.81. The lowest BCUT2D eigenvalue weighted by Crippen LogP contribution is -2.44. The third kappa shape index (κ3) is 2.83. The smallest absolute Gasteiger partial charge is 0.291 e. The van der Waals surface area contributed by atoms with E-state index in [2.05, 4.69) is 5.10 Å². The summed E-state index contributed by atoms with van der Waals surface area (Å²) in [6, 6.07) is 3.86. The fourth-order valence-electron chi connectivity index (χ4n) is 3.70. The summed E-state index contributed by atoms with van der Waals surface area (Å²) in [4.78, 5) is 28.3. The van der Waals surface area contributed by atoms with E-state index in [0.29, 0.717) is 25.0 Å². The molecule has 0 bridgehead atoms. The number of carbonyl (C=O) groups excluding carboxylic acids is 1. The van der Waals surface area contributed by atoms with E-state index in [1.807, 2.05) is 28.8 Å². The molecule has 7 nitrogen and oxygen atoms in total. The molecule has 8 heteroatoms.